The number of nitrogens with one attached hydrogen (secondary N) is 2. The van der Waals surface area contributed by atoms with Crippen LogP contribution in [0.15, 0.2) is 59.5 Å². The van der Waals surface area contributed by atoms with Crippen molar-refractivity contribution in [1.82, 2.24) is 5.32 Å². The van der Waals surface area contributed by atoms with Gasteiger partial charge in [0, 0.05) is 10.6 Å². The number of hydrogen-bond acceptors (Lipinski definition) is 6. The quantitative estimate of drug-likeness (QED) is 0.712. The Balaban J connectivity index is 1.42. The lowest BCUT2D eigenvalue weighted by Crippen LogP contribution is -2.60. The molecule has 2 saturated heterocycles. The number of aliphatic hydroxyl groups excluding tert-OH is 1. The fourth-order valence-corrected chi connectivity index (χ4v) is 4.53. The molecule has 148 valence electrons. The number of thioether (sulfide) groups is 1. The third kappa shape index (κ3) is 4.10. The molecule has 0 unspecified atom stereocenters. The molecule has 2 amide bonds. The van der Waals surface area contributed by atoms with E-state index in [0.29, 0.717) is 18.0 Å². The van der Waals surface area contributed by atoms with E-state index in [2.05, 4.69) is 10.6 Å². The molecule has 0 aromatic heterocycles. The lowest BCUT2D eigenvalue weighted by Gasteiger charge is -2.38. The maximum Gasteiger partial charge on any atom is 0.319 e. The molecule has 2 bridgehead atoms. The predicted molar refractivity (Wildman–Crippen MR) is 106 cm³/mol. The first kappa shape index (κ1) is 19.1. The van der Waals surface area contributed by atoms with Gasteiger partial charge >= 0.3 is 6.03 Å². The van der Waals surface area contributed by atoms with E-state index in [0.717, 1.165) is 4.90 Å². The number of amides is 2. The molecular weight excluding hydrogens is 380 g/mol. The van der Waals surface area contributed by atoms with Crippen LogP contribution in [0.25, 0.3) is 0 Å². The third-order valence-electron chi connectivity index (χ3n) is 4.77. The van der Waals surface area contributed by atoms with E-state index in [1.54, 1.807) is 31.4 Å². The van der Waals surface area contributed by atoms with Crippen LogP contribution in [-0.2, 0) is 9.47 Å². The summed E-state index contributed by atoms with van der Waals surface area (Å²) in [6.07, 6.45) is -1.68. The Hall–Kier alpha value is -2.26. The Kier molecular flexibility index (Phi) is 5.72. The molecule has 8 heteroatoms. The van der Waals surface area contributed by atoms with Crippen LogP contribution in [0, 0.1) is 0 Å². The number of urea groups is 1. The summed E-state index contributed by atoms with van der Waals surface area (Å²) in [5.41, 5.74) is 0.625. The Morgan fingerprint density at radius 1 is 1.18 bits per heavy atom. The summed E-state index contributed by atoms with van der Waals surface area (Å²) >= 11 is 1.49. The van der Waals surface area contributed by atoms with Gasteiger partial charge in [-0.15, -0.1) is 11.8 Å². The molecule has 0 saturated carbocycles. The number of hydrogen-bond donors (Lipinski definition) is 3. The van der Waals surface area contributed by atoms with Crippen LogP contribution in [0.5, 0.6) is 5.75 Å². The molecule has 2 aromatic carbocycles. The van der Waals surface area contributed by atoms with Gasteiger partial charge in [0.2, 0.25) is 0 Å². The number of anilines is 1. The highest BCUT2D eigenvalue weighted by Crippen LogP contribution is 2.38. The van der Waals surface area contributed by atoms with Crippen molar-refractivity contribution in [2.24, 2.45) is 0 Å². The van der Waals surface area contributed by atoms with Gasteiger partial charge in [-0.25, -0.2) is 4.79 Å². The maximum atomic E-state index is 12.5. The van der Waals surface area contributed by atoms with Gasteiger partial charge in [0.05, 0.1) is 31.1 Å². The van der Waals surface area contributed by atoms with Crippen LogP contribution in [0.3, 0.4) is 0 Å². The van der Waals surface area contributed by atoms with E-state index >= 15 is 0 Å². The lowest BCUT2D eigenvalue weighted by atomic mass is 10.00. The number of rotatable bonds is 5. The summed E-state index contributed by atoms with van der Waals surface area (Å²) in [5, 5.41) is 16.2. The average molecular weight is 402 g/mol. The fraction of sp³-hybridized carbons (Fsp3) is 0.350. The average Bonchev–Trinajstić information content (AvgIpc) is 3.16. The number of aliphatic hydroxyl groups is 1. The van der Waals surface area contributed by atoms with Gasteiger partial charge in [-0.3, -0.25) is 0 Å². The minimum atomic E-state index is -0.807. The Bertz CT molecular complexity index is 804. The second-order valence-corrected chi connectivity index (χ2v) is 7.87. The van der Waals surface area contributed by atoms with Gasteiger partial charge in [-0.05, 0) is 36.4 Å². The van der Waals surface area contributed by atoms with Crippen LogP contribution in [0.4, 0.5) is 10.5 Å². The number of benzene rings is 2. The van der Waals surface area contributed by atoms with Crippen LogP contribution < -0.4 is 15.4 Å². The number of carbonyl (C=O) groups is 1. The van der Waals surface area contributed by atoms with Crippen molar-refractivity contribution >= 4 is 23.5 Å². The molecule has 2 fully saturated rings. The molecule has 4 rings (SSSR count). The SMILES string of the molecule is COc1ccc(NC(=O)N[C@@H]2[C@H](O)[C@@H](Sc3ccccc3)[C@@H]3OC[C@@H]2O3)cc1. The van der Waals surface area contributed by atoms with Crippen molar-refractivity contribution in [1.29, 1.82) is 0 Å². The zero-order valence-corrected chi connectivity index (χ0v) is 16.1. The van der Waals surface area contributed by atoms with Crippen molar-refractivity contribution < 1.29 is 24.1 Å². The summed E-state index contributed by atoms with van der Waals surface area (Å²) in [6.45, 7) is 0.334. The van der Waals surface area contributed by atoms with Gasteiger partial charge < -0.3 is 30.0 Å². The predicted octanol–water partition coefficient (Wildman–Crippen LogP) is 2.46. The zero-order valence-electron chi connectivity index (χ0n) is 15.3. The zero-order chi connectivity index (χ0) is 19.5. The number of fused-ring (bicyclic) bond motifs is 2. The molecule has 2 aromatic rings. The molecular formula is C20H22N2O5S. The van der Waals surface area contributed by atoms with Crippen molar-refractivity contribution in [2.75, 3.05) is 19.0 Å². The second kappa shape index (κ2) is 8.40. The largest absolute Gasteiger partial charge is 0.497 e. The van der Waals surface area contributed by atoms with E-state index in [4.69, 9.17) is 14.2 Å². The Morgan fingerprint density at radius 3 is 2.64 bits per heavy atom. The van der Waals surface area contributed by atoms with Crippen LogP contribution in [-0.4, -0.2) is 54.6 Å². The summed E-state index contributed by atoms with van der Waals surface area (Å²) in [6, 6.07) is 15.8. The molecule has 28 heavy (non-hydrogen) atoms. The normalized spacial score (nSPS) is 28.6. The van der Waals surface area contributed by atoms with Gasteiger partial charge in [0.15, 0.2) is 6.29 Å². The number of carbonyl (C=O) groups excluding carboxylic acids is 1. The Labute approximate surface area is 167 Å². The first-order valence-electron chi connectivity index (χ1n) is 9.02. The molecule has 3 N–H and O–H groups in total. The highest BCUT2D eigenvalue weighted by molar-refractivity contribution is 8.00. The summed E-state index contributed by atoms with van der Waals surface area (Å²) in [5.74, 6) is 0.706. The van der Waals surface area contributed by atoms with E-state index in [1.165, 1.54) is 11.8 Å². The van der Waals surface area contributed by atoms with Crippen LogP contribution in [0.1, 0.15) is 0 Å². The van der Waals surface area contributed by atoms with Crippen LogP contribution >= 0.6 is 11.8 Å². The molecule has 7 nitrogen and oxygen atoms in total. The van der Waals surface area contributed by atoms with E-state index in [1.807, 2.05) is 30.3 Å². The summed E-state index contributed by atoms with van der Waals surface area (Å²) in [7, 11) is 1.58. The number of ether oxygens (including phenoxy) is 3. The van der Waals surface area contributed by atoms with Gasteiger partial charge in [0.25, 0.3) is 0 Å². The molecule has 2 aliphatic heterocycles. The van der Waals surface area contributed by atoms with Gasteiger partial charge in [0.1, 0.15) is 11.9 Å². The fourth-order valence-electron chi connectivity index (χ4n) is 3.34. The van der Waals surface area contributed by atoms with Crippen molar-refractivity contribution in [3.8, 4) is 5.75 Å². The molecule has 0 spiro atoms. The topological polar surface area (TPSA) is 89.1 Å². The van der Waals surface area contributed by atoms with E-state index < -0.39 is 24.5 Å². The first-order chi connectivity index (χ1) is 13.6. The highest BCUT2D eigenvalue weighted by atomic mass is 32.2. The van der Waals surface area contributed by atoms with Gasteiger partial charge in [-0.2, -0.15) is 0 Å². The molecule has 5 atom stereocenters. The van der Waals surface area contributed by atoms with Crippen molar-refractivity contribution in [3.05, 3.63) is 54.6 Å². The van der Waals surface area contributed by atoms with Crippen LogP contribution in [0.2, 0.25) is 0 Å². The van der Waals surface area contributed by atoms with E-state index in [-0.39, 0.29) is 11.4 Å². The number of methoxy groups -OCH3 is 1. The molecule has 2 heterocycles. The minimum Gasteiger partial charge on any atom is -0.497 e. The van der Waals surface area contributed by atoms with E-state index in [9.17, 15) is 9.90 Å². The lowest BCUT2D eigenvalue weighted by molar-refractivity contribution is -0.121. The smallest absolute Gasteiger partial charge is 0.319 e. The molecule has 0 aliphatic carbocycles. The molecule has 0 radical (unpaired) electrons. The maximum absolute atomic E-state index is 12.5. The standard InChI is InChI=1S/C20H22N2O5S/c1-25-13-9-7-12(8-10-13)21-20(24)22-16-15-11-26-19(27-15)18(17(16)23)28-14-5-3-2-4-6-14/h2-10,15-19,23H,11H2,1H3,(H2,21,22,24)/t15-,16-,17-,18+,19+/m0/s1. The van der Waals surface area contributed by atoms with Gasteiger partial charge in [-0.1, -0.05) is 18.2 Å². The second-order valence-electron chi connectivity index (χ2n) is 6.62. The first-order valence-corrected chi connectivity index (χ1v) is 9.90. The van der Waals surface area contributed by atoms with Crippen molar-refractivity contribution in [2.45, 2.75) is 34.7 Å². The highest BCUT2D eigenvalue weighted by Gasteiger charge is 2.51. The molecule has 2 aliphatic rings. The summed E-state index contributed by atoms with van der Waals surface area (Å²) in [4.78, 5) is 13.5. The monoisotopic (exact) mass is 402 g/mol. The Morgan fingerprint density at radius 2 is 1.93 bits per heavy atom. The summed E-state index contributed by atoms with van der Waals surface area (Å²) < 4.78 is 16.7. The minimum absolute atomic E-state index is 0.334. The third-order valence-corrected chi connectivity index (χ3v) is 6.09. The van der Waals surface area contributed by atoms with Crippen molar-refractivity contribution in [3.63, 3.8) is 0 Å².